The molecule has 0 spiro atoms. The summed E-state index contributed by atoms with van der Waals surface area (Å²) >= 11 is 7.93. The second kappa shape index (κ2) is 12.0. The molecule has 0 amide bonds. The highest BCUT2D eigenvalue weighted by molar-refractivity contribution is 7.15. The molecule has 1 aliphatic heterocycles. The molecule has 9 nitrogen and oxygen atoms in total. The maximum absolute atomic E-state index is 12.3. The van der Waals surface area contributed by atoms with E-state index in [1.165, 1.54) is 11.3 Å². The summed E-state index contributed by atoms with van der Waals surface area (Å²) in [5, 5.41) is 33.0. The zero-order valence-electron chi connectivity index (χ0n) is 20.5. The van der Waals surface area contributed by atoms with Gasteiger partial charge >= 0.3 is 5.97 Å². The van der Waals surface area contributed by atoms with E-state index in [9.17, 15) is 20.1 Å². The van der Waals surface area contributed by atoms with Crippen LogP contribution >= 0.6 is 22.9 Å². The lowest BCUT2D eigenvalue weighted by Gasteiger charge is -2.40. The fourth-order valence-corrected chi connectivity index (χ4v) is 5.20. The predicted octanol–water partition coefficient (Wildman–Crippen LogP) is 3.09. The van der Waals surface area contributed by atoms with Crippen molar-refractivity contribution in [2.75, 3.05) is 6.61 Å². The van der Waals surface area contributed by atoms with E-state index in [4.69, 9.17) is 31.2 Å². The van der Waals surface area contributed by atoms with Crippen LogP contribution in [0.2, 0.25) is 5.02 Å². The fraction of sp³-hybridized carbons (Fsp3) is 0.462. The van der Waals surface area contributed by atoms with E-state index < -0.39 is 42.5 Å². The molecule has 200 valence electrons. The van der Waals surface area contributed by atoms with E-state index in [2.05, 4.69) is 4.98 Å². The van der Waals surface area contributed by atoms with Gasteiger partial charge in [-0.1, -0.05) is 44.0 Å². The van der Waals surface area contributed by atoms with E-state index in [0.29, 0.717) is 23.4 Å². The Hall–Kier alpha value is -2.31. The van der Waals surface area contributed by atoms with Crippen LogP contribution in [0.4, 0.5) is 0 Å². The molecular formula is C26H31ClN2O7S. The number of aliphatic hydroxyl groups is 3. The van der Waals surface area contributed by atoms with Crippen molar-refractivity contribution in [2.45, 2.75) is 63.3 Å². The summed E-state index contributed by atoms with van der Waals surface area (Å²) in [5.74, 6) is 0.0329. The van der Waals surface area contributed by atoms with E-state index in [-0.39, 0.29) is 12.5 Å². The van der Waals surface area contributed by atoms with E-state index in [1.807, 2.05) is 26.0 Å². The molecule has 5 N–H and O–H groups in total. The molecule has 1 saturated heterocycles. The minimum atomic E-state index is -1.51. The van der Waals surface area contributed by atoms with Crippen LogP contribution < -0.4 is 5.73 Å². The van der Waals surface area contributed by atoms with Crippen LogP contribution in [0, 0.1) is 5.92 Å². The van der Waals surface area contributed by atoms with Crippen LogP contribution in [0.25, 0.3) is 10.6 Å². The van der Waals surface area contributed by atoms with Gasteiger partial charge in [-0.05, 0) is 35.2 Å². The van der Waals surface area contributed by atoms with E-state index in [0.717, 1.165) is 21.2 Å². The summed E-state index contributed by atoms with van der Waals surface area (Å²) in [4.78, 5) is 17.7. The standard InChI is InChI=1S/C26H31ClN2O7S/c1-3-13(2)21(28)26(33)35-12-18-22(30)23(31)24(32)25(36-18)14-6-7-16(27)15(9-14)10-20-29-11-19(37-20)17-5-4-8-34-17/h4-9,11,13,18,21-25,30-32H,3,10,12,28H2,1-2H3/t13?,18-,21?,22+,23-,24+,25-/m0/s1. The predicted molar refractivity (Wildman–Crippen MR) is 138 cm³/mol. The Kier molecular flexibility index (Phi) is 9.02. The number of hydrogen-bond acceptors (Lipinski definition) is 10. The number of nitrogens with two attached hydrogens (primary N) is 1. The van der Waals surface area contributed by atoms with Crippen molar-refractivity contribution < 1.29 is 34.0 Å². The van der Waals surface area contributed by atoms with E-state index >= 15 is 0 Å². The SMILES string of the molecule is CCC(C)C(N)C(=O)OC[C@@H]1O[C@@H](c2ccc(Cl)c(Cc3ncc(-c4ccco4)s3)c2)[C@H](O)[C@@H](O)[C@@H]1O. The third-order valence-corrected chi connectivity index (χ3v) is 8.07. The monoisotopic (exact) mass is 550 g/mol. The van der Waals surface area contributed by atoms with Gasteiger partial charge in [0.15, 0.2) is 0 Å². The summed E-state index contributed by atoms with van der Waals surface area (Å²) in [5.41, 5.74) is 7.22. The Morgan fingerprint density at radius 2 is 2.03 bits per heavy atom. The molecule has 1 fully saturated rings. The molecular weight excluding hydrogens is 520 g/mol. The Morgan fingerprint density at radius 3 is 2.73 bits per heavy atom. The molecule has 4 rings (SSSR count). The first-order chi connectivity index (χ1) is 17.7. The van der Waals surface area contributed by atoms with Gasteiger partial charge in [-0.15, -0.1) is 11.3 Å². The quantitative estimate of drug-likeness (QED) is 0.295. The third-order valence-electron chi connectivity index (χ3n) is 6.69. The van der Waals surface area contributed by atoms with Crippen molar-refractivity contribution in [1.29, 1.82) is 0 Å². The molecule has 0 saturated carbocycles. The second-order valence-corrected chi connectivity index (χ2v) is 10.8. The Bertz CT molecular complexity index is 1190. The van der Waals surface area contributed by atoms with Crippen LogP contribution in [-0.4, -0.2) is 63.3 Å². The lowest BCUT2D eigenvalue weighted by atomic mass is 9.90. The van der Waals surface area contributed by atoms with Crippen molar-refractivity contribution in [3.05, 3.63) is 63.9 Å². The molecule has 0 bridgehead atoms. The molecule has 7 atom stereocenters. The number of carbonyl (C=O) groups is 1. The van der Waals surface area contributed by atoms with Gasteiger partial charge in [-0.2, -0.15) is 0 Å². The second-order valence-electron chi connectivity index (χ2n) is 9.23. The molecule has 1 aromatic carbocycles. The minimum Gasteiger partial charge on any atom is -0.463 e. The van der Waals surface area contributed by atoms with Gasteiger partial charge in [-0.25, -0.2) is 4.98 Å². The molecule has 37 heavy (non-hydrogen) atoms. The van der Waals surface area contributed by atoms with Gasteiger partial charge in [0.05, 0.1) is 16.1 Å². The molecule has 1 aliphatic rings. The van der Waals surface area contributed by atoms with Gasteiger partial charge in [0.1, 0.15) is 48.9 Å². The molecule has 0 radical (unpaired) electrons. The number of thiazole rings is 1. The highest BCUT2D eigenvalue weighted by Crippen LogP contribution is 2.35. The maximum atomic E-state index is 12.3. The molecule has 3 aromatic rings. The third kappa shape index (κ3) is 6.23. The van der Waals surface area contributed by atoms with Gasteiger partial charge in [0.25, 0.3) is 0 Å². The summed E-state index contributed by atoms with van der Waals surface area (Å²) in [6.07, 6.45) is -1.96. The van der Waals surface area contributed by atoms with Crippen molar-refractivity contribution in [1.82, 2.24) is 4.98 Å². The largest absolute Gasteiger partial charge is 0.463 e. The topological polar surface area (TPSA) is 148 Å². The lowest BCUT2D eigenvalue weighted by Crippen LogP contribution is -2.56. The summed E-state index contributed by atoms with van der Waals surface area (Å²) in [6, 6.07) is 8.00. The first-order valence-electron chi connectivity index (χ1n) is 12.1. The lowest BCUT2D eigenvalue weighted by molar-refractivity contribution is -0.234. The molecule has 2 unspecified atom stereocenters. The normalized spacial score (nSPS) is 25.5. The number of rotatable bonds is 9. The number of nitrogens with zero attached hydrogens (tertiary/aromatic N) is 1. The Balaban J connectivity index is 1.49. The molecule has 11 heteroatoms. The number of benzene rings is 1. The molecule has 0 aliphatic carbocycles. The number of carbonyl (C=O) groups excluding carboxylic acids is 1. The highest BCUT2D eigenvalue weighted by Gasteiger charge is 2.45. The number of furan rings is 1. The molecule has 3 heterocycles. The summed E-state index contributed by atoms with van der Waals surface area (Å²) in [7, 11) is 0. The summed E-state index contributed by atoms with van der Waals surface area (Å²) < 4.78 is 16.6. The van der Waals surface area contributed by atoms with Crippen LogP contribution in [0.5, 0.6) is 0 Å². The van der Waals surface area contributed by atoms with Gasteiger partial charge in [0, 0.05) is 17.6 Å². The number of esters is 1. The molecule has 2 aromatic heterocycles. The van der Waals surface area contributed by atoms with E-state index in [1.54, 1.807) is 30.7 Å². The number of aromatic nitrogens is 1. The van der Waals surface area contributed by atoms with Gasteiger partial charge < -0.3 is 34.9 Å². The number of hydrogen-bond donors (Lipinski definition) is 4. The average Bonchev–Trinajstić information content (AvgIpc) is 3.59. The number of aliphatic hydroxyl groups excluding tert-OH is 3. The van der Waals surface area contributed by atoms with Crippen molar-refractivity contribution in [3.8, 4) is 10.6 Å². The smallest absolute Gasteiger partial charge is 0.323 e. The number of ether oxygens (including phenoxy) is 2. The van der Waals surface area contributed by atoms with Crippen LogP contribution in [-0.2, 0) is 20.7 Å². The first-order valence-corrected chi connectivity index (χ1v) is 13.3. The van der Waals surface area contributed by atoms with Crippen LogP contribution in [0.3, 0.4) is 0 Å². The average molecular weight is 551 g/mol. The first kappa shape index (κ1) is 27.7. The van der Waals surface area contributed by atoms with Gasteiger partial charge in [-0.3, -0.25) is 4.79 Å². The van der Waals surface area contributed by atoms with Crippen molar-refractivity contribution in [3.63, 3.8) is 0 Å². The Morgan fingerprint density at radius 1 is 1.24 bits per heavy atom. The highest BCUT2D eigenvalue weighted by atomic mass is 35.5. The Labute approximate surface area is 223 Å². The van der Waals surface area contributed by atoms with Crippen LogP contribution in [0.15, 0.2) is 47.2 Å². The van der Waals surface area contributed by atoms with Gasteiger partial charge in [0.2, 0.25) is 0 Å². The van der Waals surface area contributed by atoms with Crippen molar-refractivity contribution in [2.24, 2.45) is 11.7 Å². The van der Waals surface area contributed by atoms with Crippen LogP contribution in [0.1, 0.15) is 42.5 Å². The maximum Gasteiger partial charge on any atom is 0.323 e. The zero-order chi connectivity index (χ0) is 26.7. The fourth-order valence-electron chi connectivity index (χ4n) is 4.11. The summed E-state index contributed by atoms with van der Waals surface area (Å²) in [6.45, 7) is 3.44. The number of halogens is 1. The van der Waals surface area contributed by atoms with Crippen molar-refractivity contribution >= 4 is 28.9 Å². The zero-order valence-corrected chi connectivity index (χ0v) is 22.1. The minimum absolute atomic E-state index is 0.0784.